The maximum Gasteiger partial charge on any atom is 0.340 e. The van der Waals surface area contributed by atoms with E-state index >= 15 is 0 Å². The van der Waals surface area contributed by atoms with Crippen LogP contribution in [0.1, 0.15) is 24.2 Å². The zero-order chi connectivity index (χ0) is 13.5. The summed E-state index contributed by atoms with van der Waals surface area (Å²) in [6.45, 7) is 4.83. The third-order valence-corrected chi connectivity index (χ3v) is 2.23. The van der Waals surface area contributed by atoms with Crippen LogP contribution >= 0.6 is 0 Å². The number of hydrogen-bond donors (Lipinski definition) is 1. The third kappa shape index (κ3) is 4.25. The van der Waals surface area contributed by atoms with Crippen molar-refractivity contribution in [2.45, 2.75) is 20.0 Å². The highest BCUT2D eigenvalue weighted by molar-refractivity contribution is 5.95. The van der Waals surface area contributed by atoms with Crippen LogP contribution in [-0.2, 0) is 9.47 Å². The molecule has 0 bridgehead atoms. The van der Waals surface area contributed by atoms with E-state index in [0.717, 1.165) is 0 Å². The molecule has 18 heavy (non-hydrogen) atoms. The first-order valence-corrected chi connectivity index (χ1v) is 5.77. The number of carbonyl (C=O) groups is 1. The molecule has 0 spiro atoms. The molecule has 0 saturated carbocycles. The Balaban J connectivity index is 2.59. The van der Waals surface area contributed by atoms with Crippen LogP contribution in [0.5, 0.6) is 5.75 Å². The summed E-state index contributed by atoms with van der Waals surface area (Å²) in [6, 6.07) is 4.89. The maximum atomic E-state index is 11.4. The molecule has 0 aliphatic carbocycles. The number of hydrogen-bond acceptors (Lipinski definition) is 5. The van der Waals surface area contributed by atoms with Gasteiger partial charge in [-0.05, 0) is 32.0 Å². The molecule has 5 nitrogen and oxygen atoms in total. The number of ether oxygens (including phenoxy) is 3. The van der Waals surface area contributed by atoms with Crippen molar-refractivity contribution < 1.29 is 19.0 Å². The number of nitrogens with two attached hydrogens (primary N) is 1. The standard InChI is InChI=1S/C13H19NO4/c1-9(2)17-6-7-18-10-4-5-12(14)11(8-10)13(15)16-3/h4-5,8-9H,6-7,14H2,1-3H3. The number of anilines is 1. The van der Waals surface area contributed by atoms with Gasteiger partial charge in [-0.25, -0.2) is 4.79 Å². The summed E-state index contributed by atoms with van der Waals surface area (Å²) >= 11 is 0. The van der Waals surface area contributed by atoms with Gasteiger partial charge in [-0.1, -0.05) is 0 Å². The summed E-state index contributed by atoms with van der Waals surface area (Å²) in [5.41, 5.74) is 6.35. The monoisotopic (exact) mass is 253 g/mol. The summed E-state index contributed by atoms with van der Waals surface area (Å²) in [6.07, 6.45) is 0.172. The van der Waals surface area contributed by atoms with E-state index < -0.39 is 5.97 Å². The number of carbonyl (C=O) groups excluding carboxylic acids is 1. The molecule has 100 valence electrons. The fourth-order valence-corrected chi connectivity index (χ4v) is 1.36. The molecule has 1 aromatic carbocycles. The van der Waals surface area contributed by atoms with E-state index in [9.17, 15) is 4.79 Å². The van der Waals surface area contributed by atoms with E-state index in [2.05, 4.69) is 4.74 Å². The normalized spacial score (nSPS) is 10.4. The van der Waals surface area contributed by atoms with Gasteiger partial charge >= 0.3 is 5.97 Å². The molecule has 0 radical (unpaired) electrons. The van der Waals surface area contributed by atoms with Crippen molar-refractivity contribution in [2.75, 3.05) is 26.1 Å². The number of benzene rings is 1. The van der Waals surface area contributed by atoms with E-state index in [1.807, 2.05) is 13.8 Å². The Kier molecular flexibility index (Phi) is 5.45. The molecule has 5 heteroatoms. The lowest BCUT2D eigenvalue weighted by Crippen LogP contribution is -2.12. The molecule has 0 saturated heterocycles. The van der Waals surface area contributed by atoms with Gasteiger partial charge in [0.15, 0.2) is 0 Å². The first-order valence-electron chi connectivity index (χ1n) is 5.77. The van der Waals surface area contributed by atoms with Crippen molar-refractivity contribution in [2.24, 2.45) is 0 Å². The van der Waals surface area contributed by atoms with Crippen LogP contribution in [0.4, 0.5) is 5.69 Å². The summed E-state index contributed by atoms with van der Waals surface area (Å²) < 4.78 is 15.4. The van der Waals surface area contributed by atoms with Gasteiger partial charge < -0.3 is 19.9 Å². The van der Waals surface area contributed by atoms with Gasteiger partial charge in [0.2, 0.25) is 0 Å². The van der Waals surface area contributed by atoms with E-state index in [4.69, 9.17) is 15.2 Å². The molecule has 0 aliphatic heterocycles. The van der Waals surface area contributed by atoms with Crippen LogP contribution in [-0.4, -0.2) is 32.4 Å². The van der Waals surface area contributed by atoms with E-state index in [1.165, 1.54) is 7.11 Å². The summed E-state index contributed by atoms with van der Waals surface area (Å²) in [5.74, 6) is 0.0911. The molecule has 1 aromatic rings. The highest BCUT2D eigenvalue weighted by atomic mass is 16.5. The Hall–Kier alpha value is -1.75. The zero-order valence-corrected chi connectivity index (χ0v) is 10.9. The fourth-order valence-electron chi connectivity index (χ4n) is 1.36. The van der Waals surface area contributed by atoms with Crippen molar-refractivity contribution in [1.82, 2.24) is 0 Å². The Bertz CT molecular complexity index is 404. The SMILES string of the molecule is COC(=O)c1cc(OCCOC(C)C)ccc1N. The minimum Gasteiger partial charge on any atom is -0.491 e. The largest absolute Gasteiger partial charge is 0.491 e. The second-order valence-corrected chi connectivity index (χ2v) is 4.01. The third-order valence-electron chi connectivity index (χ3n) is 2.23. The first-order chi connectivity index (χ1) is 8.54. The Morgan fingerprint density at radius 1 is 1.33 bits per heavy atom. The summed E-state index contributed by atoms with van der Waals surface area (Å²) in [7, 11) is 1.31. The van der Waals surface area contributed by atoms with Gasteiger partial charge in [0.1, 0.15) is 12.4 Å². The number of methoxy groups -OCH3 is 1. The molecule has 0 atom stereocenters. The van der Waals surface area contributed by atoms with Crippen LogP contribution in [0, 0.1) is 0 Å². The quantitative estimate of drug-likeness (QED) is 0.476. The predicted molar refractivity (Wildman–Crippen MR) is 68.8 cm³/mol. The fraction of sp³-hybridized carbons (Fsp3) is 0.462. The molecule has 1 rings (SSSR count). The van der Waals surface area contributed by atoms with Gasteiger partial charge in [0.25, 0.3) is 0 Å². The van der Waals surface area contributed by atoms with Crippen LogP contribution in [0.2, 0.25) is 0 Å². The lowest BCUT2D eigenvalue weighted by atomic mass is 10.2. The molecule has 0 aliphatic rings. The average Bonchev–Trinajstić information content (AvgIpc) is 2.35. The lowest BCUT2D eigenvalue weighted by Gasteiger charge is -2.11. The lowest BCUT2D eigenvalue weighted by molar-refractivity contribution is 0.0551. The Morgan fingerprint density at radius 2 is 2.06 bits per heavy atom. The smallest absolute Gasteiger partial charge is 0.340 e. The molecule has 0 amide bonds. The van der Waals surface area contributed by atoms with Crippen molar-refractivity contribution in [3.8, 4) is 5.75 Å². The summed E-state index contributed by atoms with van der Waals surface area (Å²) in [5, 5.41) is 0. The van der Waals surface area contributed by atoms with Crippen LogP contribution < -0.4 is 10.5 Å². The number of nitrogen functional groups attached to an aromatic ring is 1. The molecular formula is C13H19NO4. The van der Waals surface area contributed by atoms with Gasteiger partial charge in [-0.3, -0.25) is 0 Å². The van der Waals surface area contributed by atoms with Crippen molar-refractivity contribution in [1.29, 1.82) is 0 Å². The summed E-state index contributed by atoms with van der Waals surface area (Å²) in [4.78, 5) is 11.4. The molecular weight excluding hydrogens is 234 g/mol. The molecule has 2 N–H and O–H groups in total. The molecule has 0 fully saturated rings. The highest BCUT2D eigenvalue weighted by Gasteiger charge is 2.11. The van der Waals surface area contributed by atoms with Crippen molar-refractivity contribution in [3.05, 3.63) is 23.8 Å². The zero-order valence-electron chi connectivity index (χ0n) is 10.9. The van der Waals surface area contributed by atoms with Crippen molar-refractivity contribution >= 4 is 11.7 Å². The van der Waals surface area contributed by atoms with E-state index in [1.54, 1.807) is 18.2 Å². The molecule has 0 unspecified atom stereocenters. The minimum absolute atomic E-state index is 0.172. The second kappa shape index (κ2) is 6.86. The molecule has 0 aromatic heterocycles. The van der Waals surface area contributed by atoms with Gasteiger partial charge in [0.05, 0.1) is 25.4 Å². The van der Waals surface area contributed by atoms with E-state index in [-0.39, 0.29) is 6.10 Å². The van der Waals surface area contributed by atoms with Gasteiger partial charge in [-0.2, -0.15) is 0 Å². The maximum absolute atomic E-state index is 11.4. The number of rotatable bonds is 6. The Morgan fingerprint density at radius 3 is 2.67 bits per heavy atom. The second-order valence-electron chi connectivity index (χ2n) is 4.01. The van der Waals surface area contributed by atoms with Crippen molar-refractivity contribution in [3.63, 3.8) is 0 Å². The average molecular weight is 253 g/mol. The van der Waals surface area contributed by atoms with Crippen LogP contribution in [0.25, 0.3) is 0 Å². The Labute approximate surface area is 107 Å². The minimum atomic E-state index is -0.476. The van der Waals surface area contributed by atoms with Crippen LogP contribution in [0.15, 0.2) is 18.2 Å². The number of esters is 1. The topological polar surface area (TPSA) is 70.8 Å². The van der Waals surface area contributed by atoms with E-state index in [0.29, 0.717) is 30.2 Å². The van der Waals surface area contributed by atoms with Crippen LogP contribution in [0.3, 0.4) is 0 Å². The van der Waals surface area contributed by atoms with Gasteiger partial charge in [-0.15, -0.1) is 0 Å². The highest BCUT2D eigenvalue weighted by Crippen LogP contribution is 2.20. The first kappa shape index (κ1) is 14.3. The molecule has 0 heterocycles. The predicted octanol–water partition coefficient (Wildman–Crippen LogP) is 1.86. The van der Waals surface area contributed by atoms with Gasteiger partial charge in [0, 0.05) is 5.69 Å².